The lowest BCUT2D eigenvalue weighted by molar-refractivity contribution is 0.119. The van der Waals surface area contributed by atoms with Crippen LogP contribution in [0.1, 0.15) is 49.1 Å². The molecule has 4 atom stereocenters. The maximum Gasteiger partial charge on any atom is 0.0579 e. The SMILES string of the molecule is OC(CC1Cc2ccccc21)C1C2CCCCC21. The standard InChI is InChI=1S/C17H22O/c18-16(17-14-7-3-4-8-15(14)17)10-12-9-11-5-1-2-6-13(11)12/h1-2,5-6,12,14-18H,3-4,7-10H2. The molecular weight excluding hydrogens is 220 g/mol. The number of fused-ring (bicyclic) bond motifs is 2. The number of benzene rings is 1. The number of aliphatic hydroxyl groups is 1. The van der Waals surface area contributed by atoms with Crippen LogP contribution in [0.15, 0.2) is 24.3 Å². The van der Waals surface area contributed by atoms with Crippen molar-refractivity contribution in [3.8, 4) is 0 Å². The van der Waals surface area contributed by atoms with Gasteiger partial charge >= 0.3 is 0 Å². The Morgan fingerprint density at radius 1 is 1.11 bits per heavy atom. The second-order valence-electron chi connectivity index (χ2n) is 6.59. The summed E-state index contributed by atoms with van der Waals surface area (Å²) in [6.45, 7) is 0. The molecule has 0 saturated heterocycles. The maximum atomic E-state index is 10.5. The van der Waals surface area contributed by atoms with Crippen molar-refractivity contribution in [2.24, 2.45) is 17.8 Å². The Morgan fingerprint density at radius 2 is 1.83 bits per heavy atom. The molecule has 96 valence electrons. The normalized spacial score (nSPS) is 38.3. The quantitative estimate of drug-likeness (QED) is 0.860. The zero-order valence-corrected chi connectivity index (χ0v) is 10.9. The summed E-state index contributed by atoms with van der Waals surface area (Å²) >= 11 is 0. The first kappa shape index (κ1) is 11.0. The summed E-state index contributed by atoms with van der Waals surface area (Å²) in [5, 5.41) is 10.5. The summed E-state index contributed by atoms with van der Waals surface area (Å²) in [4.78, 5) is 0. The Balaban J connectivity index is 1.39. The summed E-state index contributed by atoms with van der Waals surface area (Å²) in [5.74, 6) is 3.05. The number of rotatable bonds is 3. The Morgan fingerprint density at radius 3 is 2.56 bits per heavy atom. The van der Waals surface area contributed by atoms with Crippen molar-refractivity contribution in [3.05, 3.63) is 35.4 Å². The summed E-state index contributed by atoms with van der Waals surface area (Å²) in [6, 6.07) is 8.74. The molecule has 4 unspecified atom stereocenters. The molecule has 1 aromatic rings. The van der Waals surface area contributed by atoms with E-state index in [0.29, 0.717) is 11.8 Å². The van der Waals surface area contributed by atoms with Crippen LogP contribution in [-0.4, -0.2) is 11.2 Å². The molecule has 0 amide bonds. The molecule has 4 rings (SSSR count). The summed E-state index contributed by atoms with van der Waals surface area (Å²) in [5.41, 5.74) is 3.00. The largest absolute Gasteiger partial charge is 0.393 e. The monoisotopic (exact) mass is 242 g/mol. The minimum atomic E-state index is -0.0311. The van der Waals surface area contributed by atoms with Crippen molar-refractivity contribution in [1.82, 2.24) is 0 Å². The molecule has 2 fully saturated rings. The van der Waals surface area contributed by atoms with E-state index in [1.54, 1.807) is 0 Å². The minimum Gasteiger partial charge on any atom is -0.393 e. The average Bonchev–Trinajstić information content (AvgIpc) is 3.10. The smallest absolute Gasteiger partial charge is 0.0579 e. The van der Waals surface area contributed by atoms with Crippen molar-refractivity contribution < 1.29 is 5.11 Å². The first-order chi connectivity index (χ1) is 8.84. The molecule has 2 saturated carbocycles. The van der Waals surface area contributed by atoms with Gasteiger partial charge in [0.25, 0.3) is 0 Å². The van der Waals surface area contributed by atoms with E-state index in [1.165, 1.54) is 43.2 Å². The van der Waals surface area contributed by atoms with Crippen LogP contribution in [-0.2, 0) is 6.42 Å². The van der Waals surface area contributed by atoms with E-state index in [1.807, 2.05) is 0 Å². The fourth-order valence-electron chi connectivity index (χ4n) is 4.64. The van der Waals surface area contributed by atoms with Gasteiger partial charge in [0.2, 0.25) is 0 Å². The zero-order valence-electron chi connectivity index (χ0n) is 10.9. The molecule has 0 bridgehead atoms. The van der Waals surface area contributed by atoms with E-state index in [4.69, 9.17) is 0 Å². The highest BCUT2D eigenvalue weighted by Crippen LogP contribution is 2.58. The molecule has 3 aliphatic carbocycles. The van der Waals surface area contributed by atoms with Crippen molar-refractivity contribution in [2.45, 2.75) is 50.5 Å². The zero-order chi connectivity index (χ0) is 12.1. The van der Waals surface area contributed by atoms with E-state index in [2.05, 4.69) is 24.3 Å². The van der Waals surface area contributed by atoms with Crippen molar-refractivity contribution >= 4 is 0 Å². The Bertz CT molecular complexity index is 441. The lowest BCUT2D eigenvalue weighted by Crippen LogP contribution is -2.24. The fraction of sp³-hybridized carbons (Fsp3) is 0.647. The first-order valence-electron chi connectivity index (χ1n) is 7.60. The van der Waals surface area contributed by atoms with Crippen molar-refractivity contribution in [1.29, 1.82) is 0 Å². The molecule has 1 aromatic carbocycles. The Hall–Kier alpha value is -0.820. The third kappa shape index (κ3) is 1.64. The highest BCUT2D eigenvalue weighted by molar-refractivity contribution is 5.40. The minimum absolute atomic E-state index is 0.0311. The number of hydrogen-bond acceptors (Lipinski definition) is 1. The Kier molecular flexibility index (Phi) is 2.51. The molecule has 1 N–H and O–H groups in total. The van der Waals surface area contributed by atoms with Gasteiger partial charge < -0.3 is 5.11 Å². The first-order valence-corrected chi connectivity index (χ1v) is 7.60. The van der Waals surface area contributed by atoms with Gasteiger partial charge in [0.05, 0.1) is 6.10 Å². The molecule has 0 aromatic heterocycles. The average molecular weight is 242 g/mol. The molecular formula is C17H22O. The van der Waals surface area contributed by atoms with E-state index >= 15 is 0 Å². The van der Waals surface area contributed by atoms with Gasteiger partial charge in [-0.05, 0) is 60.5 Å². The van der Waals surface area contributed by atoms with Crippen LogP contribution in [0.25, 0.3) is 0 Å². The molecule has 0 heterocycles. The van der Waals surface area contributed by atoms with Crippen LogP contribution in [0.4, 0.5) is 0 Å². The van der Waals surface area contributed by atoms with E-state index in [-0.39, 0.29) is 6.10 Å². The third-order valence-corrected chi connectivity index (χ3v) is 5.65. The highest BCUT2D eigenvalue weighted by atomic mass is 16.3. The van der Waals surface area contributed by atoms with Gasteiger partial charge in [0.1, 0.15) is 0 Å². The van der Waals surface area contributed by atoms with Crippen molar-refractivity contribution in [3.63, 3.8) is 0 Å². The molecule has 0 aliphatic heterocycles. The molecule has 3 aliphatic rings. The number of hydrogen-bond donors (Lipinski definition) is 1. The van der Waals surface area contributed by atoms with Crippen LogP contribution >= 0.6 is 0 Å². The molecule has 0 spiro atoms. The van der Waals surface area contributed by atoms with Gasteiger partial charge in [-0.3, -0.25) is 0 Å². The van der Waals surface area contributed by atoms with Gasteiger partial charge in [-0.15, -0.1) is 0 Å². The van der Waals surface area contributed by atoms with Crippen molar-refractivity contribution in [2.75, 3.05) is 0 Å². The van der Waals surface area contributed by atoms with Gasteiger partial charge in [-0.25, -0.2) is 0 Å². The summed E-state index contributed by atoms with van der Waals surface area (Å²) in [7, 11) is 0. The molecule has 18 heavy (non-hydrogen) atoms. The summed E-state index contributed by atoms with van der Waals surface area (Å²) in [6.07, 6.45) is 7.73. The van der Waals surface area contributed by atoms with Crippen LogP contribution < -0.4 is 0 Å². The predicted octanol–water partition coefficient (Wildman–Crippen LogP) is 3.51. The van der Waals surface area contributed by atoms with Gasteiger partial charge in [0.15, 0.2) is 0 Å². The molecule has 1 heteroatoms. The molecule has 1 nitrogen and oxygen atoms in total. The van der Waals surface area contributed by atoms with Crippen LogP contribution in [0, 0.1) is 17.8 Å². The van der Waals surface area contributed by atoms with Gasteiger partial charge in [0, 0.05) is 0 Å². The number of aliphatic hydroxyl groups excluding tert-OH is 1. The second kappa shape index (κ2) is 4.09. The Labute approximate surface area is 109 Å². The fourth-order valence-corrected chi connectivity index (χ4v) is 4.64. The lowest BCUT2D eigenvalue weighted by atomic mass is 9.74. The second-order valence-corrected chi connectivity index (χ2v) is 6.59. The summed E-state index contributed by atoms with van der Waals surface area (Å²) < 4.78 is 0. The predicted molar refractivity (Wildman–Crippen MR) is 72.4 cm³/mol. The highest BCUT2D eigenvalue weighted by Gasteiger charge is 2.54. The maximum absolute atomic E-state index is 10.5. The lowest BCUT2D eigenvalue weighted by Gasteiger charge is -2.31. The molecule has 0 radical (unpaired) electrons. The van der Waals surface area contributed by atoms with E-state index in [9.17, 15) is 5.11 Å². The van der Waals surface area contributed by atoms with E-state index in [0.717, 1.165) is 18.3 Å². The van der Waals surface area contributed by atoms with Gasteiger partial charge in [-0.2, -0.15) is 0 Å². The van der Waals surface area contributed by atoms with Gasteiger partial charge in [-0.1, -0.05) is 37.1 Å². The van der Waals surface area contributed by atoms with Crippen LogP contribution in [0.3, 0.4) is 0 Å². The van der Waals surface area contributed by atoms with Crippen LogP contribution in [0.5, 0.6) is 0 Å². The van der Waals surface area contributed by atoms with E-state index < -0.39 is 0 Å². The third-order valence-electron chi connectivity index (χ3n) is 5.65. The van der Waals surface area contributed by atoms with Crippen LogP contribution in [0.2, 0.25) is 0 Å². The topological polar surface area (TPSA) is 20.2 Å².